The number of ether oxygens (including phenoxy) is 1. The Bertz CT molecular complexity index is 347. The highest BCUT2D eigenvalue weighted by Crippen LogP contribution is 2.16. The average Bonchev–Trinajstić information content (AvgIpc) is 2.18. The van der Waals surface area contributed by atoms with E-state index < -0.39 is 6.09 Å². The van der Waals surface area contributed by atoms with Gasteiger partial charge in [-0.1, -0.05) is 12.1 Å². The Morgan fingerprint density at radius 1 is 1.36 bits per heavy atom. The average molecular weight is 193 g/mol. The zero-order valence-corrected chi connectivity index (χ0v) is 8.06. The van der Waals surface area contributed by atoms with E-state index in [9.17, 15) is 9.59 Å². The number of nitrogens with zero attached hydrogens (tertiary/aromatic N) is 1. The largest absolute Gasteiger partial charge is 0.414 e. The Morgan fingerprint density at radius 3 is 2.57 bits per heavy atom. The SMILES string of the molecule is CN(C)C(=O)Oc1ccccc1C=O. The minimum Gasteiger partial charge on any atom is -0.409 e. The molecule has 4 nitrogen and oxygen atoms in total. The van der Waals surface area contributed by atoms with Crippen LogP contribution in [0.1, 0.15) is 10.4 Å². The van der Waals surface area contributed by atoms with Crippen molar-refractivity contribution in [2.45, 2.75) is 0 Å². The zero-order chi connectivity index (χ0) is 10.6. The van der Waals surface area contributed by atoms with Crippen LogP contribution in [-0.2, 0) is 0 Å². The molecule has 0 atom stereocenters. The van der Waals surface area contributed by atoms with Crippen LogP contribution in [0.4, 0.5) is 4.79 Å². The first kappa shape index (κ1) is 10.2. The fraction of sp³-hybridized carbons (Fsp3) is 0.200. The van der Waals surface area contributed by atoms with Crippen LogP contribution >= 0.6 is 0 Å². The normalized spacial score (nSPS) is 9.29. The van der Waals surface area contributed by atoms with Gasteiger partial charge in [0.2, 0.25) is 0 Å². The lowest BCUT2D eigenvalue weighted by Gasteiger charge is -2.11. The van der Waals surface area contributed by atoms with E-state index in [2.05, 4.69) is 0 Å². The second kappa shape index (κ2) is 4.41. The summed E-state index contributed by atoms with van der Waals surface area (Å²) in [6.07, 6.45) is 0.150. The molecule has 1 amide bonds. The number of benzene rings is 1. The predicted octanol–water partition coefficient (Wildman–Crippen LogP) is 1.56. The van der Waals surface area contributed by atoms with Crippen molar-refractivity contribution in [1.29, 1.82) is 0 Å². The Kier molecular flexibility index (Phi) is 3.23. The second-order valence-corrected chi connectivity index (χ2v) is 2.92. The van der Waals surface area contributed by atoms with Gasteiger partial charge in [-0.15, -0.1) is 0 Å². The van der Waals surface area contributed by atoms with E-state index in [1.165, 1.54) is 4.90 Å². The van der Waals surface area contributed by atoms with E-state index in [1.807, 2.05) is 0 Å². The van der Waals surface area contributed by atoms with Crippen molar-refractivity contribution in [2.24, 2.45) is 0 Å². The van der Waals surface area contributed by atoms with Crippen molar-refractivity contribution in [3.63, 3.8) is 0 Å². The van der Waals surface area contributed by atoms with Gasteiger partial charge in [0, 0.05) is 14.1 Å². The molecule has 0 spiro atoms. The Labute approximate surface area is 82.1 Å². The predicted molar refractivity (Wildman–Crippen MR) is 51.5 cm³/mol. The van der Waals surface area contributed by atoms with Crippen LogP contribution in [0.25, 0.3) is 0 Å². The number of amides is 1. The van der Waals surface area contributed by atoms with Gasteiger partial charge in [0.1, 0.15) is 5.75 Å². The maximum Gasteiger partial charge on any atom is 0.414 e. The van der Waals surface area contributed by atoms with E-state index in [-0.39, 0.29) is 5.75 Å². The maximum atomic E-state index is 11.2. The number of hydrogen-bond acceptors (Lipinski definition) is 3. The molecule has 0 heterocycles. The molecule has 1 aromatic rings. The van der Waals surface area contributed by atoms with Crippen LogP contribution < -0.4 is 4.74 Å². The first-order valence-corrected chi connectivity index (χ1v) is 4.08. The van der Waals surface area contributed by atoms with Gasteiger partial charge < -0.3 is 9.64 Å². The van der Waals surface area contributed by atoms with Gasteiger partial charge in [0.05, 0.1) is 5.56 Å². The lowest BCUT2D eigenvalue weighted by molar-refractivity contribution is 0.112. The fourth-order valence-corrected chi connectivity index (χ4v) is 0.856. The molecule has 0 unspecified atom stereocenters. The third kappa shape index (κ3) is 2.32. The maximum absolute atomic E-state index is 11.2. The minimum absolute atomic E-state index is 0.279. The second-order valence-electron chi connectivity index (χ2n) is 2.92. The van der Waals surface area contributed by atoms with Crippen molar-refractivity contribution >= 4 is 12.4 Å². The molecular formula is C10H11NO3. The highest BCUT2D eigenvalue weighted by Gasteiger charge is 2.09. The zero-order valence-electron chi connectivity index (χ0n) is 8.06. The van der Waals surface area contributed by atoms with Crippen molar-refractivity contribution in [2.75, 3.05) is 14.1 Å². The summed E-state index contributed by atoms with van der Waals surface area (Å²) in [6, 6.07) is 6.57. The molecule has 0 fully saturated rings. The first-order valence-electron chi connectivity index (χ1n) is 4.08. The van der Waals surface area contributed by atoms with Crippen LogP contribution in [0.5, 0.6) is 5.75 Å². The topological polar surface area (TPSA) is 46.6 Å². The van der Waals surface area contributed by atoms with Crippen molar-refractivity contribution in [1.82, 2.24) is 4.90 Å². The summed E-state index contributed by atoms with van der Waals surface area (Å²) < 4.78 is 4.95. The molecule has 0 aromatic heterocycles. The van der Waals surface area contributed by atoms with Gasteiger partial charge in [-0.2, -0.15) is 0 Å². The summed E-state index contributed by atoms with van der Waals surface area (Å²) in [6.45, 7) is 0. The number of carbonyl (C=O) groups excluding carboxylic acids is 2. The molecule has 0 aliphatic carbocycles. The number of para-hydroxylation sites is 1. The van der Waals surface area contributed by atoms with E-state index >= 15 is 0 Å². The quantitative estimate of drug-likeness (QED) is 0.669. The van der Waals surface area contributed by atoms with Gasteiger partial charge in [-0.25, -0.2) is 4.79 Å². The van der Waals surface area contributed by atoms with E-state index in [0.29, 0.717) is 11.8 Å². The molecule has 1 aromatic carbocycles. The Morgan fingerprint density at radius 2 is 2.00 bits per heavy atom. The molecule has 0 aliphatic rings. The molecule has 0 bridgehead atoms. The van der Waals surface area contributed by atoms with Gasteiger partial charge >= 0.3 is 6.09 Å². The van der Waals surface area contributed by atoms with E-state index in [0.717, 1.165) is 0 Å². The van der Waals surface area contributed by atoms with Gasteiger partial charge in [0.15, 0.2) is 6.29 Å². The van der Waals surface area contributed by atoms with Gasteiger partial charge in [0.25, 0.3) is 0 Å². The molecule has 4 heteroatoms. The molecule has 14 heavy (non-hydrogen) atoms. The summed E-state index contributed by atoms with van der Waals surface area (Å²) in [4.78, 5) is 23.0. The van der Waals surface area contributed by atoms with E-state index in [4.69, 9.17) is 4.74 Å². The van der Waals surface area contributed by atoms with Crippen molar-refractivity contribution in [3.05, 3.63) is 29.8 Å². The standard InChI is InChI=1S/C10H11NO3/c1-11(2)10(13)14-9-6-4-3-5-8(9)7-12/h3-7H,1-2H3. The molecule has 0 radical (unpaired) electrons. The van der Waals surface area contributed by atoms with Gasteiger partial charge in [-0.05, 0) is 12.1 Å². The molecule has 74 valence electrons. The molecular weight excluding hydrogens is 182 g/mol. The summed E-state index contributed by atoms with van der Waals surface area (Å²) >= 11 is 0. The summed E-state index contributed by atoms with van der Waals surface area (Å²) in [5.74, 6) is 0.279. The molecule has 0 saturated carbocycles. The molecule has 0 aliphatic heterocycles. The number of rotatable bonds is 2. The van der Waals surface area contributed by atoms with Gasteiger partial charge in [-0.3, -0.25) is 4.79 Å². The highest BCUT2D eigenvalue weighted by molar-refractivity contribution is 5.81. The first-order chi connectivity index (χ1) is 6.65. The third-order valence-corrected chi connectivity index (χ3v) is 1.61. The number of hydrogen-bond donors (Lipinski definition) is 0. The van der Waals surface area contributed by atoms with E-state index in [1.54, 1.807) is 38.4 Å². The van der Waals surface area contributed by atoms with Crippen LogP contribution in [-0.4, -0.2) is 31.4 Å². The van der Waals surface area contributed by atoms with Crippen LogP contribution in [0, 0.1) is 0 Å². The third-order valence-electron chi connectivity index (χ3n) is 1.61. The number of aldehydes is 1. The Hall–Kier alpha value is -1.84. The van der Waals surface area contributed by atoms with Crippen LogP contribution in [0.15, 0.2) is 24.3 Å². The minimum atomic E-state index is -0.501. The smallest absolute Gasteiger partial charge is 0.409 e. The van der Waals surface area contributed by atoms with Crippen molar-refractivity contribution < 1.29 is 14.3 Å². The lowest BCUT2D eigenvalue weighted by Crippen LogP contribution is -2.25. The molecule has 0 saturated heterocycles. The molecule has 0 N–H and O–H groups in total. The lowest BCUT2D eigenvalue weighted by atomic mass is 10.2. The summed E-state index contributed by atoms with van der Waals surface area (Å²) in [5.41, 5.74) is 0.364. The van der Waals surface area contributed by atoms with Crippen molar-refractivity contribution in [3.8, 4) is 5.75 Å². The number of carbonyl (C=O) groups is 2. The summed E-state index contributed by atoms with van der Waals surface area (Å²) in [5, 5.41) is 0. The summed E-state index contributed by atoms with van der Waals surface area (Å²) in [7, 11) is 3.15. The fourth-order valence-electron chi connectivity index (χ4n) is 0.856. The van der Waals surface area contributed by atoms with Crippen LogP contribution in [0.3, 0.4) is 0 Å². The highest BCUT2D eigenvalue weighted by atomic mass is 16.6. The van der Waals surface area contributed by atoms with Crippen LogP contribution in [0.2, 0.25) is 0 Å². The monoisotopic (exact) mass is 193 g/mol. The molecule has 1 rings (SSSR count). The Balaban J connectivity index is 2.85.